The maximum Gasteiger partial charge on any atom is 0.123 e. The minimum atomic E-state index is -0.0622. The van der Waals surface area contributed by atoms with Crippen molar-refractivity contribution in [1.29, 1.82) is 0 Å². The van der Waals surface area contributed by atoms with Gasteiger partial charge in [-0.2, -0.15) is 0 Å². The molecule has 0 bridgehead atoms. The van der Waals surface area contributed by atoms with E-state index in [1.165, 1.54) is 31.3 Å². The molecule has 0 saturated carbocycles. The Labute approximate surface area is 166 Å². The summed E-state index contributed by atoms with van der Waals surface area (Å²) in [6, 6.07) is 3.75. The quantitative estimate of drug-likeness (QED) is 0.370. The summed E-state index contributed by atoms with van der Waals surface area (Å²) >= 11 is 0. The summed E-state index contributed by atoms with van der Waals surface area (Å²) in [5, 5.41) is 21.7. The minimum Gasteiger partial charge on any atom is -0.507 e. The van der Waals surface area contributed by atoms with Crippen molar-refractivity contribution >= 4 is 0 Å². The van der Waals surface area contributed by atoms with E-state index in [2.05, 4.69) is 40.3 Å². The minimum absolute atomic E-state index is 0.00188. The number of hydrogen-bond donors (Lipinski definition) is 2. The molecule has 0 spiro atoms. The molecular formula is C25H38O2. The van der Waals surface area contributed by atoms with Crippen molar-refractivity contribution in [3.63, 3.8) is 0 Å². The second kappa shape index (κ2) is 8.99. The molecule has 27 heavy (non-hydrogen) atoms. The lowest BCUT2D eigenvalue weighted by Gasteiger charge is -2.32. The Kier molecular flexibility index (Phi) is 7.19. The van der Waals surface area contributed by atoms with Crippen molar-refractivity contribution < 1.29 is 10.2 Å². The number of hydrogen-bond acceptors (Lipinski definition) is 2. The lowest BCUT2D eigenvalue weighted by atomic mass is 9.72. The first-order chi connectivity index (χ1) is 12.7. The highest BCUT2D eigenvalue weighted by molar-refractivity contribution is 5.53. The molecule has 0 unspecified atom stereocenters. The zero-order chi connectivity index (χ0) is 20.2. The molecule has 2 rings (SSSR count). The third-order valence-electron chi connectivity index (χ3n) is 6.29. The van der Waals surface area contributed by atoms with E-state index < -0.39 is 0 Å². The molecule has 2 N–H and O–H groups in total. The van der Waals surface area contributed by atoms with Gasteiger partial charge in [-0.15, -0.1) is 0 Å². The molecule has 0 heterocycles. The van der Waals surface area contributed by atoms with E-state index in [-0.39, 0.29) is 28.7 Å². The van der Waals surface area contributed by atoms with Crippen molar-refractivity contribution in [3.8, 4) is 11.5 Å². The van der Waals surface area contributed by atoms with Crippen molar-refractivity contribution in [2.45, 2.75) is 90.9 Å². The van der Waals surface area contributed by atoms with Crippen LogP contribution >= 0.6 is 0 Å². The van der Waals surface area contributed by atoms with Gasteiger partial charge in [0, 0.05) is 11.5 Å². The van der Waals surface area contributed by atoms with Gasteiger partial charge in [-0.1, -0.05) is 70.3 Å². The zero-order valence-electron chi connectivity index (χ0n) is 17.9. The summed E-state index contributed by atoms with van der Waals surface area (Å²) in [6.45, 7) is 15.0. The first kappa shape index (κ1) is 21.6. The van der Waals surface area contributed by atoms with E-state index in [9.17, 15) is 10.2 Å². The van der Waals surface area contributed by atoms with Crippen LogP contribution in [0.25, 0.3) is 0 Å². The maximum atomic E-state index is 10.9. The molecule has 2 nitrogen and oxygen atoms in total. The maximum absolute atomic E-state index is 10.9. The van der Waals surface area contributed by atoms with Gasteiger partial charge in [0.25, 0.3) is 0 Å². The number of phenols is 2. The number of allylic oxidation sites excluding steroid dienone is 3. The van der Waals surface area contributed by atoms with Crippen molar-refractivity contribution in [3.05, 3.63) is 47.1 Å². The number of phenolic OH excluding ortho intramolecular Hbond substituents is 2. The number of rotatable bonds is 8. The van der Waals surface area contributed by atoms with Crippen LogP contribution in [0.15, 0.2) is 35.9 Å². The van der Waals surface area contributed by atoms with Gasteiger partial charge in [0.15, 0.2) is 0 Å². The molecule has 0 aromatic heterocycles. The Balaban J connectivity index is 2.33. The normalized spacial score (nSPS) is 20.4. The Morgan fingerprint density at radius 1 is 1.15 bits per heavy atom. The third kappa shape index (κ3) is 5.18. The Hall–Kier alpha value is -1.70. The topological polar surface area (TPSA) is 40.5 Å². The summed E-state index contributed by atoms with van der Waals surface area (Å²) in [5.74, 6) is 0.694. The average molecular weight is 371 g/mol. The van der Waals surface area contributed by atoms with Gasteiger partial charge in [-0.05, 0) is 62.1 Å². The SMILES string of the molecule is C=C(C)[C@H]1CCC(C)=C[C@H]1c1c(O)cc(C(C)(C)CCCCCC)cc1O. The van der Waals surface area contributed by atoms with Crippen LogP contribution in [-0.4, -0.2) is 10.2 Å². The summed E-state index contributed by atoms with van der Waals surface area (Å²) < 4.78 is 0. The van der Waals surface area contributed by atoms with Crippen molar-refractivity contribution in [2.24, 2.45) is 5.92 Å². The Morgan fingerprint density at radius 3 is 2.33 bits per heavy atom. The van der Waals surface area contributed by atoms with Crippen LogP contribution in [0.2, 0.25) is 0 Å². The number of benzene rings is 1. The molecule has 2 atom stereocenters. The smallest absolute Gasteiger partial charge is 0.123 e. The van der Waals surface area contributed by atoms with Crippen LogP contribution in [-0.2, 0) is 5.41 Å². The van der Waals surface area contributed by atoms with E-state index in [4.69, 9.17) is 0 Å². The summed E-state index contributed by atoms with van der Waals surface area (Å²) in [4.78, 5) is 0. The van der Waals surface area contributed by atoms with Gasteiger partial charge in [0.1, 0.15) is 11.5 Å². The van der Waals surface area contributed by atoms with Gasteiger partial charge in [-0.3, -0.25) is 0 Å². The van der Waals surface area contributed by atoms with Gasteiger partial charge in [0.05, 0.1) is 0 Å². The Morgan fingerprint density at radius 2 is 1.78 bits per heavy atom. The van der Waals surface area contributed by atoms with E-state index in [0.29, 0.717) is 5.56 Å². The van der Waals surface area contributed by atoms with Crippen LogP contribution in [0, 0.1) is 5.92 Å². The molecule has 0 saturated heterocycles. The number of unbranched alkanes of at least 4 members (excludes halogenated alkanes) is 3. The van der Waals surface area contributed by atoms with Crippen LogP contribution in [0.1, 0.15) is 96.6 Å². The molecule has 2 heteroatoms. The fourth-order valence-electron chi connectivity index (χ4n) is 4.40. The molecule has 1 aliphatic carbocycles. The molecule has 150 valence electrons. The van der Waals surface area contributed by atoms with Crippen molar-refractivity contribution in [1.82, 2.24) is 0 Å². The fourth-order valence-corrected chi connectivity index (χ4v) is 4.40. The van der Waals surface area contributed by atoms with Crippen LogP contribution in [0.5, 0.6) is 11.5 Å². The first-order valence-corrected chi connectivity index (χ1v) is 10.6. The monoisotopic (exact) mass is 370 g/mol. The summed E-state index contributed by atoms with van der Waals surface area (Å²) in [7, 11) is 0. The molecule has 0 amide bonds. The largest absolute Gasteiger partial charge is 0.507 e. The van der Waals surface area contributed by atoms with Gasteiger partial charge in [0.2, 0.25) is 0 Å². The van der Waals surface area contributed by atoms with Crippen LogP contribution in [0.3, 0.4) is 0 Å². The molecule has 1 aromatic carbocycles. The van der Waals surface area contributed by atoms with E-state index in [1.54, 1.807) is 0 Å². The molecule has 0 fully saturated rings. The van der Waals surface area contributed by atoms with Crippen LogP contribution in [0.4, 0.5) is 0 Å². The third-order valence-corrected chi connectivity index (χ3v) is 6.29. The molecule has 1 aromatic rings. The van der Waals surface area contributed by atoms with Gasteiger partial charge in [-0.25, -0.2) is 0 Å². The predicted octanol–water partition coefficient (Wildman–Crippen LogP) is 7.36. The highest BCUT2D eigenvalue weighted by Crippen LogP contribution is 2.47. The van der Waals surface area contributed by atoms with Gasteiger partial charge < -0.3 is 10.2 Å². The van der Waals surface area contributed by atoms with E-state index >= 15 is 0 Å². The fraction of sp³-hybridized carbons (Fsp3) is 0.600. The number of aromatic hydroxyl groups is 2. The first-order valence-electron chi connectivity index (χ1n) is 10.6. The summed E-state index contributed by atoms with van der Waals surface area (Å²) in [5.41, 5.74) is 4.04. The summed E-state index contributed by atoms with van der Waals surface area (Å²) in [6.07, 6.45) is 10.2. The molecular weight excluding hydrogens is 332 g/mol. The van der Waals surface area contributed by atoms with Crippen molar-refractivity contribution in [2.75, 3.05) is 0 Å². The van der Waals surface area contributed by atoms with Crippen LogP contribution < -0.4 is 0 Å². The highest BCUT2D eigenvalue weighted by Gasteiger charge is 2.31. The molecule has 0 aliphatic heterocycles. The van der Waals surface area contributed by atoms with Gasteiger partial charge >= 0.3 is 0 Å². The lowest BCUT2D eigenvalue weighted by Crippen LogP contribution is -2.19. The highest BCUT2D eigenvalue weighted by atomic mass is 16.3. The molecule has 1 aliphatic rings. The zero-order valence-corrected chi connectivity index (χ0v) is 17.9. The standard InChI is InChI=1S/C25H38O2/c1-7-8-9-10-13-25(5,6)19-15-22(26)24(23(27)16-19)21-14-18(4)11-12-20(21)17(2)3/h14-16,20-21,26-27H,2,7-13H2,1,3-6H3/t20-,21-/m1/s1. The molecule has 0 radical (unpaired) electrons. The second-order valence-electron chi connectivity index (χ2n) is 9.15. The predicted molar refractivity (Wildman–Crippen MR) is 116 cm³/mol. The van der Waals surface area contributed by atoms with E-state index in [0.717, 1.165) is 30.4 Å². The second-order valence-corrected chi connectivity index (χ2v) is 9.15. The average Bonchev–Trinajstić information content (AvgIpc) is 2.58. The van der Waals surface area contributed by atoms with E-state index in [1.807, 2.05) is 19.1 Å². The Bertz CT molecular complexity index is 673. The lowest BCUT2D eigenvalue weighted by molar-refractivity contribution is 0.397.